The van der Waals surface area contributed by atoms with Crippen molar-refractivity contribution in [2.75, 3.05) is 6.54 Å². The van der Waals surface area contributed by atoms with E-state index in [1.54, 1.807) is 24.1 Å². The summed E-state index contributed by atoms with van der Waals surface area (Å²) in [7, 11) is 1.79. The fraction of sp³-hybridized carbons (Fsp3) is 0.429. The number of hydrogen-bond acceptors (Lipinski definition) is 2. The van der Waals surface area contributed by atoms with Crippen LogP contribution in [0.25, 0.3) is 0 Å². The zero-order valence-electron chi connectivity index (χ0n) is 6.66. The minimum absolute atomic E-state index is 0.0764. The third-order valence-electron chi connectivity index (χ3n) is 1.39. The lowest BCUT2D eigenvalue weighted by Crippen LogP contribution is -2.24. The van der Waals surface area contributed by atoms with Crippen LogP contribution in [0, 0.1) is 0 Å². The Morgan fingerprint density at radius 1 is 1.82 bits per heavy atom. The van der Waals surface area contributed by atoms with Crippen molar-refractivity contribution in [3.05, 3.63) is 18.2 Å². The summed E-state index contributed by atoms with van der Waals surface area (Å²) in [6.45, 7) is 2.53. The van der Waals surface area contributed by atoms with Crippen molar-refractivity contribution in [2.24, 2.45) is 7.05 Å². The fourth-order valence-electron chi connectivity index (χ4n) is 0.827. The Hall–Kier alpha value is -1.32. The Kier molecular flexibility index (Phi) is 2.25. The van der Waals surface area contributed by atoms with E-state index < -0.39 is 0 Å². The summed E-state index contributed by atoms with van der Waals surface area (Å²) in [4.78, 5) is 15.0. The lowest BCUT2D eigenvalue weighted by molar-refractivity contribution is 0.0947. The Labute approximate surface area is 65.2 Å². The van der Waals surface area contributed by atoms with E-state index >= 15 is 0 Å². The number of nitrogens with zero attached hydrogens (tertiary/aromatic N) is 2. The summed E-state index contributed by atoms with van der Waals surface area (Å²) in [6, 6.07) is 0. The third-order valence-corrected chi connectivity index (χ3v) is 1.39. The van der Waals surface area contributed by atoms with Gasteiger partial charge in [-0.15, -0.1) is 0 Å². The average Bonchev–Trinajstić information content (AvgIpc) is 2.36. The molecule has 0 radical (unpaired) electrons. The van der Waals surface area contributed by atoms with E-state index in [2.05, 4.69) is 10.3 Å². The van der Waals surface area contributed by atoms with E-state index in [0.29, 0.717) is 12.2 Å². The molecule has 0 fully saturated rings. The molecule has 0 aliphatic carbocycles. The van der Waals surface area contributed by atoms with Crippen LogP contribution in [-0.2, 0) is 7.05 Å². The van der Waals surface area contributed by atoms with Gasteiger partial charge in [0.25, 0.3) is 5.91 Å². The molecule has 0 spiro atoms. The topological polar surface area (TPSA) is 46.9 Å². The third kappa shape index (κ3) is 1.58. The molecule has 0 unspecified atom stereocenters. The van der Waals surface area contributed by atoms with Gasteiger partial charge in [-0.05, 0) is 6.92 Å². The highest BCUT2D eigenvalue weighted by Gasteiger charge is 2.06. The van der Waals surface area contributed by atoms with Crippen molar-refractivity contribution < 1.29 is 4.79 Å². The highest BCUT2D eigenvalue weighted by atomic mass is 16.1. The predicted octanol–water partition coefficient (Wildman–Crippen LogP) is 0.170. The molecule has 4 nitrogen and oxygen atoms in total. The SMILES string of the molecule is CCNC(=O)c1cncn1C. The minimum atomic E-state index is -0.0764. The second kappa shape index (κ2) is 3.18. The maximum atomic E-state index is 11.2. The van der Waals surface area contributed by atoms with Crippen molar-refractivity contribution in [2.45, 2.75) is 6.92 Å². The van der Waals surface area contributed by atoms with Crippen LogP contribution in [0.1, 0.15) is 17.4 Å². The molecule has 1 N–H and O–H groups in total. The van der Waals surface area contributed by atoms with Crippen LogP contribution in [0.4, 0.5) is 0 Å². The Bertz CT molecular complexity index is 254. The summed E-state index contributed by atoms with van der Waals surface area (Å²) >= 11 is 0. The van der Waals surface area contributed by atoms with Crippen molar-refractivity contribution >= 4 is 5.91 Å². The average molecular weight is 153 g/mol. The molecule has 1 aromatic rings. The van der Waals surface area contributed by atoms with Crippen LogP contribution >= 0.6 is 0 Å². The molecule has 60 valence electrons. The predicted molar refractivity (Wildman–Crippen MR) is 41.2 cm³/mol. The van der Waals surface area contributed by atoms with Crippen molar-refractivity contribution in [3.63, 3.8) is 0 Å². The van der Waals surface area contributed by atoms with Crippen molar-refractivity contribution in [3.8, 4) is 0 Å². The van der Waals surface area contributed by atoms with Crippen molar-refractivity contribution in [1.82, 2.24) is 14.9 Å². The summed E-state index contributed by atoms with van der Waals surface area (Å²) < 4.78 is 1.69. The van der Waals surface area contributed by atoms with Gasteiger partial charge < -0.3 is 9.88 Å². The molecule has 0 aromatic carbocycles. The number of aryl methyl sites for hydroxylation is 1. The van der Waals surface area contributed by atoms with E-state index in [-0.39, 0.29) is 5.91 Å². The van der Waals surface area contributed by atoms with Crippen LogP contribution in [0.3, 0.4) is 0 Å². The Balaban J connectivity index is 2.76. The van der Waals surface area contributed by atoms with E-state index in [4.69, 9.17) is 0 Å². The number of hydrogen-bond donors (Lipinski definition) is 1. The Morgan fingerprint density at radius 2 is 2.55 bits per heavy atom. The molecule has 0 saturated heterocycles. The number of carbonyl (C=O) groups excluding carboxylic acids is 1. The number of aromatic nitrogens is 2. The molecule has 0 atom stereocenters. The van der Waals surface area contributed by atoms with Gasteiger partial charge in [-0.25, -0.2) is 4.98 Å². The standard InChI is InChI=1S/C7H11N3O/c1-3-9-7(11)6-4-8-5-10(6)2/h4-5H,3H2,1-2H3,(H,9,11). The smallest absolute Gasteiger partial charge is 0.269 e. The second-order valence-corrected chi connectivity index (χ2v) is 2.25. The molecule has 11 heavy (non-hydrogen) atoms. The van der Waals surface area contributed by atoms with Crippen LogP contribution < -0.4 is 5.32 Å². The number of amides is 1. The fourth-order valence-corrected chi connectivity index (χ4v) is 0.827. The maximum absolute atomic E-state index is 11.2. The first-order valence-corrected chi connectivity index (χ1v) is 3.50. The monoisotopic (exact) mass is 153 g/mol. The van der Waals surface area contributed by atoms with Gasteiger partial charge >= 0.3 is 0 Å². The highest BCUT2D eigenvalue weighted by Crippen LogP contribution is 1.94. The van der Waals surface area contributed by atoms with Crippen LogP contribution in [0.15, 0.2) is 12.5 Å². The molecular weight excluding hydrogens is 142 g/mol. The normalized spacial score (nSPS) is 9.64. The number of carbonyl (C=O) groups is 1. The summed E-state index contributed by atoms with van der Waals surface area (Å²) in [5.74, 6) is -0.0764. The summed E-state index contributed by atoms with van der Waals surface area (Å²) in [5, 5.41) is 2.69. The van der Waals surface area contributed by atoms with E-state index in [9.17, 15) is 4.79 Å². The van der Waals surface area contributed by atoms with E-state index in [1.165, 1.54) is 0 Å². The number of nitrogens with one attached hydrogen (secondary N) is 1. The van der Waals surface area contributed by atoms with Gasteiger partial charge in [0.2, 0.25) is 0 Å². The summed E-state index contributed by atoms with van der Waals surface area (Å²) in [5.41, 5.74) is 0.590. The lowest BCUT2D eigenvalue weighted by atomic mass is 10.4. The van der Waals surface area contributed by atoms with Gasteiger partial charge in [-0.1, -0.05) is 0 Å². The molecule has 1 aromatic heterocycles. The van der Waals surface area contributed by atoms with Crippen LogP contribution in [0.2, 0.25) is 0 Å². The lowest BCUT2D eigenvalue weighted by Gasteiger charge is -2.00. The largest absolute Gasteiger partial charge is 0.351 e. The molecule has 0 aliphatic rings. The zero-order valence-corrected chi connectivity index (χ0v) is 6.66. The van der Waals surface area contributed by atoms with Crippen LogP contribution in [-0.4, -0.2) is 22.0 Å². The van der Waals surface area contributed by atoms with Gasteiger partial charge in [0.1, 0.15) is 5.69 Å². The summed E-state index contributed by atoms with van der Waals surface area (Å²) in [6.07, 6.45) is 3.15. The number of imidazole rings is 1. The molecule has 4 heteroatoms. The first-order chi connectivity index (χ1) is 5.25. The Morgan fingerprint density at radius 3 is 3.00 bits per heavy atom. The molecule has 0 bridgehead atoms. The van der Waals surface area contributed by atoms with E-state index in [1.807, 2.05) is 6.92 Å². The molecule has 1 amide bonds. The second-order valence-electron chi connectivity index (χ2n) is 2.25. The van der Waals surface area contributed by atoms with Crippen LogP contribution in [0.5, 0.6) is 0 Å². The van der Waals surface area contributed by atoms with Gasteiger partial charge in [-0.3, -0.25) is 4.79 Å². The van der Waals surface area contributed by atoms with Gasteiger partial charge in [0, 0.05) is 13.6 Å². The first-order valence-electron chi connectivity index (χ1n) is 3.50. The molecule has 0 aliphatic heterocycles. The number of rotatable bonds is 2. The quantitative estimate of drug-likeness (QED) is 0.658. The van der Waals surface area contributed by atoms with E-state index in [0.717, 1.165) is 0 Å². The first kappa shape index (κ1) is 7.78. The van der Waals surface area contributed by atoms with Gasteiger partial charge in [0.05, 0.1) is 12.5 Å². The molecule has 0 saturated carbocycles. The zero-order chi connectivity index (χ0) is 8.27. The minimum Gasteiger partial charge on any atom is -0.351 e. The highest BCUT2D eigenvalue weighted by molar-refractivity contribution is 5.92. The maximum Gasteiger partial charge on any atom is 0.269 e. The van der Waals surface area contributed by atoms with Gasteiger partial charge in [0.15, 0.2) is 0 Å². The van der Waals surface area contributed by atoms with Crippen molar-refractivity contribution in [1.29, 1.82) is 0 Å². The van der Waals surface area contributed by atoms with Gasteiger partial charge in [-0.2, -0.15) is 0 Å². The molecule has 1 heterocycles. The molecular formula is C7H11N3O. The molecule has 1 rings (SSSR count).